The van der Waals surface area contributed by atoms with E-state index in [4.69, 9.17) is 19.9 Å². The van der Waals surface area contributed by atoms with Crippen LogP contribution in [0.5, 0.6) is 5.75 Å². The maximum absolute atomic E-state index is 14.4. The molecule has 238 valence electrons. The number of epoxide rings is 1. The second kappa shape index (κ2) is 9.65. The van der Waals surface area contributed by atoms with Crippen LogP contribution in [0.4, 0.5) is 5.69 Å². The molecule has 3 heterocycles. The van der Waals surface area contributed by atoms with Crippen molar-refractivity contribution in [1.82, 2.24) is 9.80 Å². The van der Waals surface area contributed by atoms with Crippen molar-refractivity contribution >= 4 is 23.1 Å². The third kappa shape index (κ3) is 3.80. The van der Waals surface area contributed by atoms with Crippen LogP contribution >= 0.6 is 0 Å². The first-order valence-corrected chi connectivity index (χ1v) is 15.1. The number of anilines is 1. The average molecular weight is 613 g/mol. The number of hydrogen-bond donors (Lipinski definition) is 5. The summed E-state index contributed by atoms with van der Waals surface area (Å²) in [6, 6.07) is 1.10. The van der Waals surface area contributed by atoms with E-state index < -0.39 is 58.1 Å². The van der Waals surface area contributed by atoms with Gasteiger partial charge in [-0.1, -0.05) is 0 Å². The number of aromatic hydroxyl groups is 1. The topological polar surface area (TPSA) is 182 Å². The van der Waals surface area contributed by atoms with Gasteiger partial charge in [-0.05, 0) is 44.5 Å². The smallest absolute Gasteiger partial charge is 0.253 e. The van der Waals surface area contributed by atoms with E-state index in [2.05, 4.69) is 4.90 Å². The number of fused-ring (bicyclic) bond motifs is 2. The van der Waals surface area contributed by atoms with Crippen LogP contribution in [0.25, 0.3) is 5.76 Å². The van der Waals surface area contributed by atoms with Gasteiger partial charge in [-0.3, -0.25) is 19.4 Å². The lowest BCUT2D eigenvalue weighted by Crippen LogP contribution is -2.60. The summed E-state index contributed by atoms with van der Waals surface area (Å²) < 4.78 is 17.5. The molecular weight excluding hydrogens is 572 g/mol. The van der Waals surface area contributed by atoms with Gasteiger partial charge in [0, 0.05) is 69.3 Å². The van der Waals surface area contributed by atoms with Crippen molar-refractivity contribution in [3.05, 3.63) is 39.7 Å². The third-order valence-corrected chi connectivity index (χ3v) is 10.6. The van der Waals surface area contributed by atoms with Crippen molar-refractivity contribution < 1.29 is 44.2 Å². The number of Topliss-reactive ketones (excluding diaryl/α,β-unsaturated/α-hetero) is 1. The van der Waals surface area contributed by atoms with Gasteiger partial charge in [0.1, 0.15) is 22.8 Å². The maximum Gasteiger partial charge on any atom is 0.253 e. The van der Waals surface area contributed by atoms with E-state index >= 15 is 0 Å². The molecule has 1 amide bonds. The standard InChI is InChI=1S/C31H40N4O9/c1-33(2)19-13-16(14-35-7-5-29(6-8-35)42-9-10-43-29)24(36)21-17(19)11-15-12-18-23(34(3)4)26(38)22(28(32)40)31(41)30(18,44-31)27(39)20(15)25(21)37/h13,15,18,23,36-38,41H,5-12,14H2,1-4H3,(H2,32,40)/t15-,18-,23-,30-,31?/m0/s1. The molecule has 7 rings (SSSR count). The highest BCUT2D eigenvalue weighted by Crippen LogP contribution is 2.67. The van der Waals surface area contributed by atoms with Gasteiger partial charge >= 0.3 is 0 Å². The van der Waals surface area contributed by atoms with Crippen molar-refractivity contribution in [3.8, 4) is 5.75 Å². The van der Waals surface area contributed by atoms with Crippen LogP contribution in [-0.2, 0) is 36.8 Å². The second-order valence-electron chi connectivity index (χ2n) is 13.4. The Morgan fingerprint density at radius 2 is 1.77 bits per heavy atom. The number of nitrogens with two attached hydrogens (primary N) is 1. The van der Waals surface area contributed by atoms with Gasteiger partial charge in [-0.25, -0.2) is 0 Å². The molecule has 1 saturated carbocycles. The molecule has 0 bridgehead atoms. The monoisotopic (exact) mass is 612 g/mol. The molecule has 44 heavy (non-hydrogen) atoms. The highest BCUT2D eigenvalue weighted by Gasteiger charge is 2.86. The molecule has 6 N–H and O–H groups in total. The Morgan fingerprint density at radius 3 is 2.36 bits per heavy atom. The van der Waals surface area contributed by atoms with Gasteiger partial charge in [0.05, 0.1) is 24.8 Å². The van der Waals surface area contributed by atoms with Crippen LogP contribution in [0.3, 0.4) is 0 Å². The zero-order chi connectivity index (χ0) is 31.5. The van der Waals surface area contributed by atoms with Gasteiger partial charge in [0.15, 0.2) is 11.4 Å². The number of phenolic OH excluding ortho intramolecular Hbond substituents is 1. The molecule has 5 atom stereocenters. The van der Waals surface area contributed by atoms with Crippen molar-refractivity contribution in [2.75, 3.05) is 59.4 Å². The van der Waals surface area contributed by atoms with Crippen LogP contribution in [-0.4, -0.2) is 120 Å². The van der Waals surface area contributed by atoms with Gasteiger partial charge in [0.2, 0.25) is 11.6 Å². The van der Waals surface area contributed by atoms with Crippen molar-refractivity contribution in [3.63, 3.8) is 0 Å². The molecule has 1 unspecified atom stereocenters. The van der Waals surface area contributed by atoms with E-state index in [-0.39, 0.29) is 29.1 Å². The Kier molecular flexibility index (Phi) is 6.47. The second-order valence-corrected chi connectivity index (χ2v) is 13.4. The van der Waals surface area contributed by atoms with E-state index in [9.17, 15) is 30.0 Å². The molecule has 2 spiro atoms. The summed E-state index contributed by atoms with van der Waals surface area (Å²) >= 11 is 0. The van der Waals surface area contributed by atoms with Crippen LogP contribution in [0.1, 0.15) is 36.0 Å². The van der Waals surface area contributed by atoms with Crippen molar-refractivity contribution in [2.24, 2.45) is 17.6 Å². The molecular formula is C31H40N4O9. The molecule has 6 aliphatic rings. The minimum atomic E-state index is -2.41. The number of carbonyl (C=O) groups is 2. The fraction of sp³-hybridized carbons (Fsp3) is 0.613. The van der Waals surface area contributed by atoms with Gasteiger partial charge in [0.25, 0.3) is 5.91 Å². The number of carbonyl (C=O) groups excluding carboxylic acids is 2. The molecule has 13 nitrogen and oxygen atoms in total. The normalized spacial score (nSPS) is 34.1. The molecule has 1 aromatic carbocycles. The number of ether oxygens (including phenoxy) is 3. The number of rotatable bonds is 5. The first kappa shape index (κ1) is 29.5. The predicted molar refractivity (Wildman–Crippen MR) is 157 cm³/mol. The number of hydrogen-bond acceptors (Lipinski definition) is 12. The molecule has 3 aliphatic heterocycles. The number of aliphatic hydroxyl groups is 3. The Morgan fingerprint density at radius 1 is 1.11 bits per heavy atom. The number of nitrogens with zero attached hydrogens (tertiary/aromatic N) is 3. The Hall–Kier alpha value is -3.20. The van der Waals surface area contributed by atoms with E-state index in [1.165, 1.54) is 0 Å². The lowest BCUT2D eigenvalue weighted by atomic mass is 9.58. The number of phenols is 1. The van der Waals surface area contributed by atoms with E-state index in [1.807, 2.05) is 25.1 Å². The zero-order valence-corrected chi connectivity index (χ0v) is 25.4. The van der Waals surface area contributed by atoms with Crippen LogP contribution in [0, 0.1) is 11.8 Å². The maximum atomic E-state index is 14.4. The molecule has 13 heteroatoms. The fourth-order valence-electron chi connectivity index (χ4n) is 8.56. The number of ketones is 1. The van der Waals surface area contributed by atoms with Crippen molar-refractivity contribution in [1.29, 1.82) is 0 Å². The first-order valence-electron chi connectivity index (χ1n) is 15.1. The summed E-state index contributed by atoms with van der Waals surface area (Å²) in [4.78, 5) is 32.6. The average Bonchev–Trinajstić information content (AvgIpc) is 3.34. The summed E-state index contributed by atoms with van der Waals surface area (Å²) in [5, 5.41) is 46.1. The Bertz CT molecular complexity index is 1520. The lowest BCUT2D eigenvalue weighted by molar-refractivity contribution is -0.185. The number of likely N-dealkylation sites (tertiary alicyclic amines) is 1. The lowest BCUT2D eigenvalue weighted by Gasteiger charge is -2.46. The van der Waals surface area contributed by atoms with Crippen molar-refractivity contribution in [2.45, 2.75) is 55.4 Å². The summed E-state index contributed by atoms with van der Waals surface area (Å²) in [6.45, 7) is 3.01. The van der Waals surface area contributed by atoms with Gasteiger partial charge in [-0.15, -0.1) is 0 Å². The number of benzene rings is 1. The first-order chi connectivity index (χ1) is 20.8. The summed E-state index contributed by atoms with van der Waals surface area (Å²) in [7, 11) is 7.18. The molecule has 3 saturated heterocycles. The SMILES string of the molecule is CN(C)c1cc(CN2CCC3(CC2)OCCO3)c(O)c2c1C[C@H]1C[C@H]3[C@H](N(C)C)C(O)=C(C(N)=O)C4(O)O[C@]34C(=O)C1=C2O. The van der Waals surface area contributed by atoms with E-state index in [0.29, 0.717) is 63.2 Å². The highest BCUT2D eigenvalue weighted by atomic mass is 16.8. The molecule has 1 aromatic rings. The third-order valence-electron chi connectivity index (χ3n) is 10.6. The molecule has 0 aromatic heterocycles. The minimum Gasteiger partial charge on any atom is -0.510 e. The van der Waals surface area contributed by atoms with Gasteiger partial charge in [-0.2, -0.15) is 0 Å². The van der Waals surface area contributed by atoms with Crippen LogP contribution in [0.2, 0.25) is 0 Å². The van der Waals surface area contributed by atoms with E-state index in [0.717, 1.165) is 5.69 Å². The predicted octanol–water partition coefficient (Wildman–Crippen LogP) is 0.526. The number of likely N-dealkylation sites (N-methyl/N-ethyl adjacent to an activating group) is 1. The van der Waals surface area contributed by atoms with Crippen LogP contribution < -0.4 is 10.6 Å². The van der Waals surface area contributed by atoms with E-state index in [1.54, 1.807) is 19.0 Å². The molecule has 0 radical (unpaired) electrons. The quantitative estimate of drug-likeness (QED) is 0.291. The largest absolute Gasteiger partial charge is 0.510 e. The summed E-state index contributed by atoms with van der Waals surface area (Å²) in [5.41, 5.74) is 5.46. The minimum absolute atomic E-state index is 0.0417. The molecule has 4 fully saturated rings. The zero-order valence-electron chi connectivity index (χ0n) is 25.4. The number of amides is 1. The number of piperidine rings is 1. The molecule has 3 aliphatic carbocycles. The van der Waals surface area contributed by atoms with Crippen LogP contribution in [0.15, 0.2) is 23.0 Å². The summed E-state index contributed by atoms with van der Waals surface area (Å²) in [5.74, 6) is -6.81. The fourth-order valence-corrected chi connectivity index (χ4v) is 8.56. The number of aliphatic hydroxyl groups excluding tert-OH is 2. The Balaban J connectivity index is 1.29. The van der Waals surface area contributed by atoms with Gasteiger partial charge < -0.3 is 45.3 Å². The summed E-state index contributed by atoms with van der Waals surface area (Å²) in [6.07, 6.45) is 2.02. The highest BCUT2D eigenvalue weighted by molar-refractivity contribution is 6.14. The Labute approximate surface area is 255 Å². The number of primary amides is 1.